The molecule has 0 bridgehead atoms. The van der Waals surface area contributed by atoms with Crippen molar-refractivity contribution in [1.29, 1.82) is 0 Å². The molecule has 7 heteroatoms. The van der Waals surface area contributed by atoms with Gasteiger partial charge in [0, 0.05) is 25.3 Å². The molecule has 40 heavy (non-hydrogen) atoms. The molecule has 3 aromatic carbocycles. The lowest BCUT2D eigenvalue weighted by Crippen LogP contribution is -2.45. The summed E-state index contributed by atoms with van der Waals surface area (Å²) in [5, 5.41) is 0.485. The Kier molecular flexibility index (Phi) is 8.41. The molecule has 5 rings (SSSR count). The minimum atomic E-state index is -0.258. The summed E-state index contributed by atoms with van der Waals surface area (Å²) in [7, 11) is 0. The molecular formula is C33H34N2O5. The Labute approximate surface area is 234 Å². The first-order valence-corrected chi connectivity index (χ1v) is 13.7. The number of ether oxygens (including phenoxy) is 1. The fourth-order valence-corrected chi connectivity index (χ4v) is 5.03. The van der Waals surface area contributed by atoms with E-state index in [9.17, 15) is 14.4 Å². The molecule has 0 spiro atoms. The second-order valence-corrected chi connectivity index (χ2v) is 10.5. The minimum Gasteiger partial charge on any atom is -0.464 e. The third kappa shape index (κ3) is 6.49. The van der Waals surface area contributed by atoms with Crippen LogP contribution in [0.4, 0.5) is 0 Å². The number of rotatable bonds is 9. The van der Waals surface area contributed by atoms with E-state index < -0.39 is 0 Å². The van der Waals surface area contributed by atoms with Gasteiger partial charge in [-0.1, -0.05) is 59.7 Å². The van der Waals surface area contributed by atoms with Gasteiger partial charge in [-0.3, -0.25) is 14.4 Å². The van der Waals surface area contributed by atoms with Gasteiger partial charge in [-0.05, 0) is 56.5 Å². The normalized spacial score (nSPS) is 14.8. The van der Waals surface area contributed by atoms with Crippen molar-refractivity contribution in [3.8, 4) is 0 Å². The van der Waals surface area contributed by atoms with Gasteiger partial charge in [0.1, 0.15) is 12.1 Å². The van der Waals surface area contributed by atoms with Crippen LogP contribution in [-0.4, -0.2) is 47.4 Å². The summed E-state index contributed by atoms with van der Waals surface area (Å²) in [6.07, 6.45) is 3.10. The summed E-state index contributed by atoms with van der Waals surface area (Å²) in [5.41, 5.74) is 4.18. The van der Waals surface area contributed by atoms with Gasteiger partial charge in [0.2, 0.25) is 5.91 Å². The third-order valence-electron chi connectivity index (χ3n) is 7.29. The van der Waals surface area contributed by atoms with Gasteiger partial charge in [-0.25, -0.2) is 0 Å². The average molecular weight is 539 g/mol. The minimum absolute atomic E-state index is 0.0619. The van der Waals surface area contributed by atoms with E-state index in [0.29, 0.717) is 35.2 Å². The Hall–Kier alpha value is -4.23. The molecule has 2 amide bonds. The highest BCUT2D eigenvalue weighted by Crippen LogP contribution is 2.18. The van der Waals surface area contributed by atoms with Crippen molar-refractivity contribution in [3.63, 3.8) is 0 Å². The smallest absolute Gasteiger partial charge is 0.254 e. The number of amides is 2. The van der Waals surface area contributed by atoms with Gasteiger partial charge >= 0.3 is 0 Å². The first-order valence-electron chi connectivity index (χ1n) is 13.7. The summed E-state index contributed by atoms with van der Waals surface area (Å²) in [4.78, 5) is 44.1. The van der Waals surface area contributed by atoms with E-state index in [-0.39, 0.29) is 43.0 Å². The number of fused-ring (bicyclic) bond motifs is 1. The highest BCUT2D eigenvalue weighted by atomic mass is 16.5. The molecule has 0 aliphatic carbocycles. The Morgan fingerprint density at radius 3 is 2.38 bits per heavy atom. The standard InChI is InChI=1S/C33H34N2O5/c1-23-10-13-26(14-11-23)33(38)35(20-28-9-6-16-39-28)21-31(36)34(18-25-7-4-3-5-8-25)19-27-22-40-30-15-12-24(2)17-29(30)32(27)37/h3-5,7-8,10-15,17,22,28H,6,9,16,18-21H2,1-2H3/t28-/m0/s1. The van der Waals surface area contributed by atoms with Crippen LogP contribution in [0, 0.1) is 13.8 Å². The molecule has 7 nitrogen and oxygen atoms in total. The number of benzene rings is 3. The summed E-state index contributed by atoms with van der Waals surface area (Å²) in [6, 6.07) is 22.4. The molecule has 0 radical (unpaired) electrons. The summed E-state index contributed by atoms with van der Waals surface area (Å²) in [6.45, 7) is 5.09. The number of carbonyl (C=O) groups excluding carboxylic acids is 2. The first kappa shape index (κ1) is 27.3. The fourth-order valence-electron chi connectivity index (χ4n) is 5.03. The first-order chi connectivity index (χ1) is 19.4. The van der Waals surface area contributed by atoms with Crippen LogP contribution in [0.25, 0.3) is 11.0 Å². The third-order valence-corrected chi connectivity index (χ3v) is 7.29. The summed E-state index contributed by atoms with van der Waals surface area (Å²) >= 11 is 0. The monoisotopic (exact) mass is 538 g/mol. The van der Waals surface area contributed by atoms with Gasteiger partial charge in [0.25, 0.3) is 5.91 Å². The molecular weight excluding hydrogens is 504 g/mol. The molecule has 1 aromatic heterocycles. The predicted molar refractivity (Wildman–Crippen MR) is 154 cm³/mol. The van der Waals surface area contributed by atoms with Crippen LogP contribution in [0.2, 0.25) is 0 Å². The highest BCUT2D eigenvalue weighted by molar-refractivity contribution is 5.96. The summed E-state index contributed by atoms with van der Waals surface area (Å²) in [5.74, 6) is -0.477. The Morgan fingerprint density at radius 1 is 0.900 bits per heavy atom. The van der Waals surface area contributed by atoms with E-state index >= 15 is 0 Å². The zero-order valence-corrected chi connectivity index (χ0v) is 23.0. The Morgan fingerprint density at radius 2 is 1.65 bits per heavy atom. The molecule has 1 saturated heterocycles. The fraction of sp³-hybridized carbons (Fsp3) is 0.303. The van der Waals surface area contributed by atoms with Crippen LogP contribution >= 0.6 is 0 Å². The zero-order chi connectivity index (χ0) is 28.1. The summed E-state index contributed by atoms with van der Waals surface area (Å²) < 4.78 is 11.6. The Bertz CT molecular complexity index is 1540. The largest absolute Gasteiger partial charge is 0.464 e. The van der Waals surface area contributed by atoms with Gasteiger partial charge in [-0.15, -0.1) is 0 Å². The lowest BCUT2D eigenvalue weighted by Gasteiger charge is -2.29. The number of hydrogen-bond donors (Lipinski definition) is 0. The number of nitrogens with zero attached hydrogens (tertiary/aromatic N) is 2. The van der Waals surface area contributed by atoms with Crippen molar-refractivity contribution in [2.75, 3.05) is 19.7 Å². The maximum atomic E-state index is 13.9. The molecule has 1 fully saturated rings. The van der Waals surface area contributed by atoms with E-state index in [0.717, 1.165) is 29.5 Å². The zero-order valence-electron chi connectivity index (χ0n) is 23.0. The molecule has 2 heterocycles. The van der Waals surface area contributed by atoms with E-state index in [1.54, 1.807) is 34.1 Å². The lowest BCUT2D eigenvalue weighted by atomic mass is 10.1. The molecule has 1 aliphatic rings. The second kappa shape index (κ2) is 12.3. The van der Waals surface area contributed by atoms with Crippen LogP contribution in [0.15, 0.2) is 88.3 Å². The SMILES string of the molecule is Cc1ccc(C(=O)N(CC(=O)N(Cc2ccccc2)Cc2coc3ccc(C)cc3c2=O)C[C@@H]2CCCO2)cc1. The second-order valence-electron chi connectivity index (χ2n) is 10.5. The average Bonchev–Trinajstić information content (AvgIpc) is 3.48. The molecule has 4 aromatic rings. The topological polar surface area (TPSA) is 80.1 Å². The maximum absolute atomic E-state index is 13.9. The van der Waals surface area contributed by atoms with E-state index in [2.05, 4.69) is 0 Å². The highest BCUT2D eigenvalue weighted by Gasteiger charge is 2.27. The van der Waals surface area contributed by atoms with Crippen molar-refractivity contribution in [2.45, 2.75) is 45.9 Å². The van der Waals surface area contributed by atoms with E-state index in [1.807, 2.05) is 62.4 Å². The van der Waals surface area contributed by atoms with Crippen molar-refractivity contribution >= 4 is 22.8 Å². The molecule has 1 atom stereocenters. The van der Waals surface area contributed by atoms with Crippen LogP contribution in [-0.2, 0) is 22.6 Å². The van der Waals surface area contributed by atoms with Gasteiger partial charge in [0.05, 0.1) is 29.9 Å². The van der Waals surface area contributed by atoms with Crippen molar-refractivity contribution in [3.05, 3.63) is 117 Å². The van der Waals surface area contributed by atoms with E-state index in [4.69, 9.17) is 9.15 Å². The number of aryl methyl sites for hydroxylation is 2. The van der Waals surface area contributed by atoms with Gasteiger partial charge < -0.3 is 19.0 Å². The Balaban J connectivity index is 1.44. The van der Waals surface area contributed by atoms with Crippen LogP contribution in [0.3, 0.4) is 0 Å². The van der Waals surface area contributed by atoms with E-state index in [1.165, 1.54) is 6.26 Å². The lowest BCUT2D eigenvalue weighted by molar-refractivity contribution is -0.133. The van der Waals surface area contributed by atoms with Crippen molar-refractivity contribution in [1.82, 2.24) is 9.80 Å². The number of hydrogen-bond acceptors (Lipinski definition) is 5. The van der Waals surface area contributed by atoms with Crippen molar-refractivity contribution in [2.24, 2.45) is 0 Å². The number of carbonyl (C=O) groups is 2. The maximum Gasteiger partial charge on any atom is 0.254 e. The molecule has 1 aliphatic heterocycles. The van der Waals surface area contributed by atoms with Gasteiger partial charge in [0.15, 0.2) is 5.43 Å². The molecule has 206 valence electrons. The van der Waals surface area contributed by atoms with Crippen LogP contribution in [0.1, 0.15) is 45.5 Å². The molecule has 0 unspecified atom stereocenters. The van der Waals surface area contributed by atoms with Crippen LogP contribution in [0.5, 0.6) is 0 Å². The van der Waals surface area contributed by atoms with Crippen LogP contribution < -0.4 is 5.43 Å². The van der Waals surface area contributed by atoms with Gasteiger partial charge in [-0.2, -0.15) is 0 Å². The quantitative estimate of drug-likeness (QED) is 0.290. The van der Waals surface area contributed by atoms with Crippen molar-refractivity contribution < 1.29 is 18.7 Å². The molecule has 0 saturated carbocycles. The molecule has 0 N–H and O–H groups in total. The predicted octanol–water partition coefficient (Wildman–Crippen LogP) is 5.26.